The molecule has 0 fully saturated rings. The van der Waals surface area contributed by atoms with Crippen LogP contribution in [0.3, 0.4) is 0 Å². The van der Waals surface area contributed by atoms with Gasteiger partial charge in [0.15, 0.2) is 0 Å². The molecule has 1 amide bonds. The Bertz CT molecular complexity index is 369. The minimum absolute atomic E-state index is 0.0821. The van der Waals surface area contributed by atoms with Crippen LogP contribution in [0.5, 0.6) is 0 Å². The van der Waals surface area contributed by atoms with Crippen molar-refractivity contribution in [2.75, 3.05) is 7.05 Å². The molecule has 3 nitrogen and oxygen atoms in total. The Kier molecular flexibility index (Phi) is 4.70. The van der Waals surface area contributed by atoms with E-state index in [1.807, 2.05) is 44.2 Å². The lowest BCUT2D eigenvalue weighted by Gasteiger charge is -2.10. The Morgan fingerprint density at radius 1 is 1.31 bits per heavy atom. The number of rotatable bonds is 4. The van der Waals surface area contributed by atoms with Crippen molar-refractivity contribution in [2.45, 2.75) is 26.3 Å². The molecule has 0 bridgehead atoms. The summed E-state index contributed by atoms with van der Waals surface area (Å²) in [6, 6.07) is 10.0. The highest BCUT2D eigenvalue weighted by atomic mass is 16.1. The van der Waals surface area contributed by atoms with Crippen LogP contribution >= 0.6 is 0 Å². The highest BCUT2D eigenvalue weighted by Crippen LogP contribution is 2.01. The number of benzene rings is 1. The summed E-state index contributed by atoms with van der Waals surface area (Å²) in [4.78, 5) is 15.8. The van der Waals surface area contributed by atoms with Gasteiger partial charge in [-0.25, -0.2) is 0 Å². The third-order valence-electron chi connectivity index (χ3n) is 2.17. The highest BCUT2D eigenvalue weighted by molar-refractivity contribution is 6.39. The van der Waals surface area contributed by atoms with E-state index in [-0.39, 0.29) is 11.9 Å². The third-order valence-corrected chi connectivity index (χ3v) is 2.17. The van der Waals surface area contributed by atoms with E-state index in [4.69, 9.17) is 0 Å². The monoisotopic (exact) mass is 218 g/mol. The lowest BCUT2D eigenvalue weighted by atomic mass is 10.1. The van der Waals surface area contributed by atoms with Gasteiger partial charge in [0.1, 0.15) is 5.71 Å². The van der Waals surface area contributed by atoms with Crippen molar-refractivity contribution in [3.8, 4) is 0 Å². The van der Waals surface area contributed by atoms with Gasteiger partial charge in [-0.15, -0.1) is 0 Å². The van der Waals surface area contributed by atoms with Crippen LogP contribution in [-0.2, 0) is 11.2 Å². The molecule has 0 saturated carbocycles. The molecule has 86 valence electrons. The molecular formula is C13H18N2O. The molecule has 3 heteroatoms. The molecule has 0 aliphatic heterocycles. The summed E-state index contributed by atoms with van der Waals surface area (Å²) >= 11 is 0. The number of hydrogen-bond donors (Lipinski definition) is 1. The predicted molar refractivity (Wildman–Crippen MR) is 66.8 cm³/mol. The first kappa shape index (κ1) is 12.4. The van der Waals surface area contributed by atoms with Crippen molar-refractivity contribution < 1.29 is 4.79 Å². The van der Waals surface area contributed by atoms with E-state index < -0.39 is 0 Å². The van der Waals surface area contributed by atoms with Crippen LogP contribution in [-0.4, -0.2) is 24.7 Å². The summed E-state index contributed by atoms with van der Waals surface area (Å²) in [5.74, 6) is -0.0821. The summed E-state index contributed by atoms with van der Waals surface area (Å²) in [6.45, 7) is 3.88. The fourth-order valence-electron chi connectivity index (χ4n) is 1.40. The average molecular weight is 218 g/mol. The number of aliphatic imine (C=N–C) groups is 1. The second-order valence-electron chi connectivity index (χ2n) is 3.96. The van der Waals surface area contributed by atoms with Crippen LogP contribution < -0.4 is 5.32 Å². The van der Waals surface area contributed by atoms with E-state index in [0.29, 0.717) is 12.1 Å². The SMILES string of the molecule is CN=C(Cc1ccccc1)C(=O)NC(C)C. The van der Waals surface area contributed by atoms with Gasteiger partial charge in [-0.3, -0.25) is 9.79 Å². The van der Waals surface area contributed by atoms with E-state index in [1.165, 1.54) is 0 Å². The minimum atomic E-state index is -0.0821. The van der Waals surface area contributed by atoms with Gasteiger partial charge in [0.25, 0.3) is 5.91 Å². The average Bonchev–Trinajstić information content (AvgIpc) is 2.26. The van der Waals surface area contributed by atoms with Crippen molar-refractivity contribution in [2.24, 2.45) is 4.99 Å². The normalized spacial score (nSPS) is 11.6. The molecule has 0 heterocycles. The molecule has 0 saturated heterocycles. The van der Waals surface area contributed by atoms with Crippen molar-refractivity contribution >= 4 is 11.6 Å². The maximum absolute atomic E-state index is 11.7. The summed E-state index contributed by atoms with van der Waals surface area (Å²) in [6.07, 6.45) is 0.579. The standard InChI is InChI=1S/C13H18N2O/c1-10(2)15-13(16)12(14-3)9-11-7-5-4-6-8-11/h4-8,10H,9H2,1-3H3,(H,15,16). The Hall–Kier alpha value is -1.64. The maximum Gasteiger partial charge on any atom is 0.265 e. The predicted octanol–water partition coefficient (Wildman–Crippen LogP) is 1.82. The molecule has 1 rings (SSSR count). The van der Waals surface area contributed by atoms with Crippen LogP contribution in [0.25, 0.3) is 0 Å². The van der Waals surface area contributed by atoms with Gasteiger partial charge in [-0.2, -0.15) is 0 Å². The Balaban J connectivity index is 2.67. The first-order valence-electron chi connectivity index (χ1n) is 5.44. The molecule has 16 heavy (non-hydrogen) atoms. The van der Waals surface area contributed by atoms with Crippen LogP contribution in [0, 0.1) is 0 Å². The number of nitrogens with zero attached hydrogens (tertiary/aromatic N) is 1. The van der Waals surface area contributed by atoms with Gasteiger partial charge < -0.3 is 5.32 Å². The number of nitrogens with one attached hydrogen (secondary N) is 1. The van der Waals surface area contributed by atoms with Gasteiger partial charge in [0.05, 0.1) is 0 Å². The first-order valence-corrected chi connectivity index (χ1v) is 5.44. The number of carbonyl (C=O) groups is 1. The maximum atomic E-state index is 11.7. The van der Waals surface area contributed by atoms with Crippen molar-refractivity contribution in [3.63, 3.8) is 0 Å². The van der Waals surface area contributed by atoms with E-state index in [2.05, 4.69) is 10.3 Å². The molecule has 0 aromatic heterocycles. The smallest absolute Gasteiger partial charge is 0.265 e. The largest absolute Gasteiger partial charge is 0.349 e. The van der Waals surface area contributed by atoms with Crippen molar-refractivity contribution in [1.29, 1.82) is 0 Å². The quantitative estimate of drug-likeness (QED) is 0.770. The van der Waals surface area contributed by atoms with Crippen LogP contribution in [0.15, 0.2) is 35.3 Å². The Morgan fingerprint density at radius 3 is 2.44 bits per heavy atom. The van der Waals surface area contributed by atoms with Gasteiger partial charge in [0.2, 0.25) is 0 Å². The molecule has 1 aromatic rings. The van der Waals surface area contributed by atoms with Crippen LogP contribution in [0.2, 0.25) is 0 Å². The molecule has 1 N–H and O–H groups in total. The van der Waals surface area contributed by atoms with Crippen LogP contribution in [0.4, 0.5) is 0 Å². The zero-order valence-electron chi connectivity index (χ0n) is 10.0. The second-order valence-corrected chi connectivity index (χ2v) is 3.96. The zero-order valence-corrected chi connectivity index (χ0v) is 10.0. The second kappa shape index (κ2) is 6.05. The summed E-state index contributed by atoms with van der Waals surface area (Å²) in [7, 11) is 1.65. The minimum Gasteiger partial charge on any atom is -0.349 e. The van der Waals surface area contributed by atoms with Gasteiger partial charge in [-0.1, -0.05) is 30.3 Å². The Morgan fingerprint density at radius 2 is 1.94 bits per heavy atom. The molecule has 0 atom stereocenters. The van der Waals surface area contributed by atoms with Crippen molar-refractivity contribution in [3.05, 3.63) is 35.9 Å². The lowest BCUT2D eigenvalue weighted by Crippen LogP contribution is -2.36. The van der Waals surface area contributed by atoms with Crippen molar-refractivity contribution in [1.82, 2.24) is 5.32 Å². The first-order chi connectivity index (χ1) is 7.63. The number of amides is 1. The lowest BCUT2D eigenvalue weighted by molar-refractivity contribution is -0.115. The molecule has 0 spiro atoms. The molecule has 0 aliphatic rings. The third kappa shape index (κ3) is 3.85. The zero-order chi connectivity index (χ0) is 12.0. The fourth-order valence-corrected chi connectivity index (χ4v) is 1.40. The molecule has 0 radical (unpaired) electrons. The Labute approximate surface area is 96.6 Å². The van der Waals surface area contributed by atoms with Crippen LogP contribution in [0.1, 0.15) is 19.4 Å². The molecule has 1 aromatic carbocycles. The molecule has 0 aliphatic carbocycles. The topological polar surface area (TPSA) is 41.5 Å². The van der Waals surface area contributed by atoms with Gasteiger partial charge in [-0.05, 0) is 19.4 Å². The van der Waals surface area contributed by atoms with E-state index in [1.54, 1.807) is 7.05 Å². The fraction of sp³-hybridized carbons (Fsp3) is 0.385. The van der Waals surface area contributed by atoms with Gasteiger partial charge in [0, 0.05) is 19.5 Å². The van der Waals surface area contributed by atoms with Gasteiger partial charge >= 0.3 is 0 Å². The highest BCUT2D eigenvalue weighted by Gasteiger charge is 2.11. The van der Waals surface area contributed by atoms with E-state index in [9.17, 15) is 4.79 Å². The molecule has 0 unspecified atom stereocenters. The summed E-state index contributed by atoms with van der Waals surface area (Å²) in [5, 5.41) is 2.84. The van der Waals surface area contributed by atoms with E-state index >= 15 is 0 Å². The summed E-state index contributed by atoms with van der Waals surface area (Å²) in [5.41, 5.74) is 1.67. The molecular weight excluding hydrogens is 200 g/mol. The number of carbonyl (C=O) groups excluding carboxylic acids is 1. The number of hydrogen-bond acceptors (Lipinski definition) is 2. The summed E-state index contributed by atoms with van der Waals surface area (Å²) < 4.78 is 0. The van der Waals surface area contributed by atoms with E-state index in [0.717, 1.165) is 5.56 Å².